The second kappa shape index (κ2) is 6.57. The van der Waals surface area contributed by atoms with Crippen molar-refractivity contribution in [3.05, 3.63) is 53.9 Å². The number of amides is 1. The smallest absolute Gasteiger partial charge is 0.343 e. The summed E-state index contributed by atoms with van der Waals surface area (Å²) in [5.74, 6) is -1.53. The van der Waals surface area contributed by atoms with Crippen molar-refractivity contribution in [3.63, 3.8) is 0 Å². The van der Waals surface area contributed by atoms with Crippen molar-refractivity contribution in [1.29, 1.82) is 0 Å². The molecule has 1 aliphatic heterocycles. The van der Waals surface area contributed by atoms with Crippen LogP contribution in [0, 0.1) is 0 Å². The number of hydrogen-bond acceptors (Lipinski definition) is 5. The van der Waals surface area contributed by atoms with Gasteiger partial charge in [0.15, 0.2) is 0 Å². The molecule has 7 heteroatoms. The van der Waals surface area contributed by atoms with Crippen molar-refractivity contribution in [2.24, 2.45) is 0 Å². The molecule has 3 rings (SSSR count). The standard InChI is InChI=1S/C17H16N2O5/c20-13-4-1-5-14(16(13)17(22)23)24-12-9-19(10-12)15(21)7-11-3-2-6-18-8-11/h1-6,8,12,20H,7,9-10H2,(H,22,23). The zero-order valence-corrected chi connectivity index (χ0v) is 12.8. The Balaban J connectivity index is 1.57. The van der Waals surface area contributed by atoms with E-state index in [9.17, 15) is 14.7 Å². The number of aromatic nitrogens is 1. The number of carboxylic acids is 1. The van der Waals surface area contributed by atoms with Gasteiger partial charge in [0.1, 0.15) is 23.2 Å². The van der Waals surface area contributed by atoms with Crippen molar-refractivity contribution in [3.8, 4) is 11.5 Å². The van der Waals surface area contributed by atoms with Gasteiger partial charge in [0.05, 0.1) is 19.5 Å². The van der Waals surface area contributed by atoms with Gasteiger partial charge in [-0.05, 0) is 23.8 Å². The third-order valence-corrected chi connectivity index (χ3v) is 3.79. The van der Waals surface area contributed by atoms with Gasteiger partial charge in [0.25, 0.3) is 0 Å². The summed E-state index contributed by atoms with van der Waals surface area (Å²) in [7, 11) is 0. The maximum Gasteiger partial charge on any atom is 0.343 e. The number of ether oxygens (including phenoxy) is 1. The topological polar surface area (TPSA) is 100.0 Å². The molecule has 0 saturated carbocycles. The molecule has 1 amide bonds. The van der Waals surface area contributed by atoms with E-state index in [1.54, 1.807) is 23.4 Å². The van der Waals surface area contributed by atoms with E-state index in [4.69, 9.17) is 9.84 Å². The first-order valence-electron chi connectivity index (χ1n) is 7.43. The molecule has 1 saturated heterocycles. The Hall–Kier alpha value is -3.09. The highest BCUT2D eigenvalue weighted by atomic mass is 16.5. The number of likely N-dealkylation sites (tertiary alicyclic amines) is 1. The first-order chi connectivity index (χ1) is 11.5. The summed E-state index contributed by atoms with van der Waals surface area (Å²) < 4.78 is 5.61. The Morgan fingerprint density at radius 2 is 2.04 bits per heavy atom. The summed E-state index contributed by atoms with van der Waals surface area (Å²) in [6, 6.07) is 7.91. The van der Waals surface area contributed by atoms with Crippen LogP contribution in [0.5, 0.6) is 11.5 Å². The van der Waals surface area contributed by atoms with Crippen LogP contribution in [0.2, 0.25) is 0 Å². The molecule has 0 bridgehead atoms. The Bertz CT molecular complexity index is 757. The van der Waals surface area contributed by atoms with E-state index in [1.807, 2.05) is 6.07 Å². The minimum atomic E-state index is -1.26. The SMILES string of the molecule is O=C(O)c1c(O)cccc1OC1CN(C(=O)Cc2cccnc2)C1. The van der Waals surface area contributed by atoms with Gasteiger partial charge in [-0.1, -0.05) is 12.1 Å². The largest absolute Gasteiger partial charge is 0.507 e. The van der Waals surface area contributed by atoms with Crippen LogP contribution in [0.15, 0.2) is 42.7 Å². The monoisotopic (exact) mass is 328 g/mol. The number of carbonyl (C=O) groups is 2. The van der Waals surface area contributed by atoms with Gasteiger partial charge in [-0.25, -0.2) is 4.79 Å². The van der Waals surface area contributed by atoms with Crippen LogP contribution < -0.4 is 4.74 Å². The lowest BCUT2D eigenvalue weighted by molar-refractivity contribution is -0.139. The molecule has 2 aromatic rings. The summed E-state index contributed by atoms with van der Waals surface area (Å²) >= 11 is 0. The first-order valence-corrected chi connectivity index (χ1v) is 7.43. The number of aromatic hydroxyl groups is 1. The van der Waals surface area contributed by atoms with E-state index >= 15 is 0 Å². The van der Waals surface area contributed by atoms with E-state index in [0.29, 0.717) is 13.1 Å². The van der Waals surface area contributed by atoms with Crippen molar-refractivity contribution in [1.82, 2.24) is 9.88 Å². The molecule has 1 aromatic carbocycles. The van der Waals surface area contributed by atoms with E-state index in [1.165, 1.54) is 18.2 Å². The summed E-state index contributed by atoms with van der Waals surface area (Å²) in [5.41, 5.74) is 0.575. The van der Waals surface area contributed by atoms with Crippen LogP contribution in [0.1, 0.15) is 15.9 Å². The molecule has 0 atom stereocenters. The number of aromatic carboxylic acids is 1. The highest BCUT2D eigenvalue weighted by molar-refractivity contribution is 5.94. The molecule has 2 N–H and O–H groups in total. The first kappa shape index (κ1) is 15.8. The zero-order valence-electron chi connectivity index (χ0n) is 12.8. The molecule has 7 nitrogen and oxygen atoms in total. The molecule has 2 heterocycles. The molecule has 0 aliphatic carbocycles. The van der Waals surface area contributed by atoms with E-state index in [-0.39, 0.29) is 35.5 Å². The van der Waals surface area contributed by atoms with Crippen molar-refractivity contribution < 1.29 is 24.5 Å². The maximum atomic E-state index is 12.1. The fourth-order valence-corrected chi connectivity index (χ4v) is 2.52. The Morgan fingerprint density at radius 3 is 2.71 bits per heavy atom. The minimum absolute atomic E-state index is 0.0304. The fourth-order valence-electron chi connectivity index (χ4n) is 2.52. The molecule has 0 spiro atoms. The average Bonchev–Trinajstić information content (AvgIpc) is 2.51. The molecule has 124 valence electrons. The summed E-state index contributed by atoms with van der Waals surface area (Å²) in [6.07, 6.45) is 3.28. The second-order valence-corrected chi connectivity index (χ2v) is 5.53. The number of carbonyl (C=O) groups excluding carboxylic acids is 1. The summed E-state index contributed by atoms with van der Waals surface area (Å²) in [4.78, 5) is 28.9. The number of rotatable bonds is 5. The van der Waals surface area contributed by atoms with Gasteiger partial charge < -0.3 is 19.8 Å². The lowest BCUT2D eigenvalue weighted by atomic mass is 10.1. The molecule has 1 aromatic heterocycles. The van der Waals surface area contributed by atoms with Crippen LogP contribution in [-0.2, 0) is 11.2 Å². The van der Waals surface area contributed by atoms with E-state index in [0.717, 1.165) is 5.56 Å². The predicted octanol–water partition coefficient (Wildman–Crippen LogP) is 1.32. The number of hydrogen-bond donors (Lipinski definition) is 2. The highest BCUT2D eigenvalue weighted by Gasteiger charge is 2.33. The molecule has 0 radical (unpaired) electrons. The molecular formula is C17H16N2O5. The van der Waals surface area contributed by atoms with Crippen LogP contribution in [-0.4, -0.2) is 51.2 Å². The molecule has 1 fully saturated rings. The summed E-state index contributed by atoms with van der Waals surface area (Å²) in [5, 5.41) is 18.8. The Kier molecular flexibility index (Phi) is 4.33. The maximum absolute atomic E-state index is 12.1. The molecule has 0 unspecified atom stereocenters. The van der Waals surface area contributed by atoms with Crippen LogP contribution in [0.25, 0.3) is 0 Å². The molecule has 1 aliphatic rings. The van der Waals surface area contributed by atoms with Gasteiger partial charge in [-0.2, -0.15) is 0 Å². The van der Waals surface area contributed by atoms with Gasteiger partial charge in [-0.15, -0.1) is 0 Å². The highest BCUT2D eigenvalue weighted by Crippen LogP contribution is 2.29. The number of benzene rings is 1. The third kappa shape index (κ3) is 3.29. The normalized spacial score (nSPS) is 14.1. The molecule has 24 heavy (non-hydrogen) atoms. The fraction of sp³-hybridized carbons (Fsp3) is 0.235. The van der Waals surface area contributed by atoms with Crippen LogP contribution >= 0.6 is 0 Å². The minimum Gasteiger partial charge on any atom is -0.507 e. The van der Waals surface area contributed by atoms with E-state index in [2.05, 4.69) is 4.98 Å². The number of nitrogens with zero attached hydrogens (tertiary/aromatic N) is 2. The van der Waals surface area contributed by atoms with Gasteiger partial charge in [0.2, 0.25) is 5.91 Å². The average molecular weight is 328 g/mol. The van der Waals surface area contributed by atoms with Crippen LogP contribution in [0.3, 0.4) is 0 Å². The van der Waals surface area contributed by atoms with Crippen LogP contribution in [0.4, 0.5) is 0 Å². The molecular weight excluding hydrogens is 312 g/mol. The lowest BCUT2D eigenvalue weighted by Crippen LogP contribution is -2.56. The predicted molar refractivity (Wildman–Crippen MR) is 84.0 cm³/mol. The lowest BCUT2D eigenvalue weighted by Gasteiger charge is -2.39. The van der Waals surface area contributed by atoms with Gasteiger partial charge >= 0.3 is 5.97 Å². The summed E-state index contributed by atoms with van der Waals surface area (Å²) in [6.45, 7) is 0.765. The third-order valence-electron chi connectivity index (χ3n) is 3.79. The van der Waals surface area contributed by atoms with Crippen molar-refractivity contribution in [2.45, 2.75) is 12.5 Å². The van der Waals surface area contributed by atoms with Gasteiger partial charge in [0, 0.05) is 12.4 Å². The quantitative estimate of drug-likeness (QED) is 0.858. The number of carboxylic acid groups (broad SMARTS) is 1. The van der Waals surface area contributed by atoms with E-state index < -0.39 is 5.97 Å². The number of phenols is 1. The van der Waals surface area contributed by atoms with Crippen molar-refractivity contribution >= 4 is 11.9 Å². The second-order valence-electron chi connectivity index (χ2n) is 5.53. The van der Waals surface area contributed by atoms with Crippen molar-refractivity contribution in [2.75, 3.05) is 13.1 Å². The number of pyridine rings is 1. The Morgan fingerprint density at radius 1 is 1.25 bits per heavy atom. The van der Waals surface area contributed by atoms with Gasteiger partial charge in [-0.3, -0.25) is 9.78 Å². The zero-order chi connectivity index (χ0) is 17.1. The Labute approximate surface area is 138 Å².